The van der Waals surface area contributed by atoms with Gasteiger partial charge in [0.1, 0.15) is 5.75 Å². The van der Waals surface area contributed by atoms with Gasteiger partial charge < -0.3 is 9.30 Å². The van der Waals surface area contributed by atoms with Gasteiger partial charge in [-0.2, -0.15) is 10.1 Å². The minimum atomic E-state index is -0.505. The number of ether oxygens (including phenoxy) is 1. The largest absolute Gasteiger partial charge is 0.497 e. The van der Waals surface area contributed by atoms with E-state index in [1.807, 2.05) is 38.1 Å². The number of aryl methyl sites for hydroxylation is 1. The van der Waals surface area contributed by atoms with Gasteiger partial charge in [-0.05, 0) is 35.7 Å². The number of methoxy groups -OCH3 is 1. The SMILES string of the molecule is COc1ccc(/C=N/Nc2nc3c(c(=O)[nH]c(=O)n3C)n2CC(C)C)cc1. The molecule has 0 bridgehead atoms. The molecule has 0 aliphatic carbocycles. The number of hydrogen-bond acceptors (Lipinski definition) is 6. The average molecular weight is 370 g/mol. The summed E-state index contributed by atoms with van der Waals surface area (Å²) in [7, 11) is 3.18. The summed E-state index contributed by atoms with van der Waals surface area (Å²) < 4.78 is 8.18. The van der Waals surface area contributed by atoms with Crippen LogP contribution in [0.15, 0.2) is 39.0 Å². The standard InChI is InChI=1S/C18H22N6O3/c1-11(2)10-24-14-15(23(3)18(26)21-16(14)25)20-17(24)22-19-9-12-5-7-13(27-4)8-6-12/h5-9,11H,10H2,1-4H3,(H,20,22)(H,21,25,26)/b19-9+. The van der Waals surface area contributed by atoms with Crippen LogP contribution >= 0.6 is 0 Å². The molecular weight excluding hydrogens is 348 g/mol. The summed E-state index contributed by atoms with van der Waals surface area (Å²) >= 11 is 0. The van der Waals surface area contributed by atoms with Crippen molar-refractivity contribution in [2.45, 2.75) is 20.4 Å². The Bertz CT molecular complexity index is 1090. The molecule has 27 heavy (non-hydrogen) atoms. The van der Waals surface area contributed by atoms with E-state index in [1.54, 1.807) is 24.9 Å². The molecule has 2 N–H and O–H groups in total. The van der Waals surface area contributed by atoms with E-state index in [9.17, 15) is 9.59 Å². The van der Waals surface area contributed by atoms with Crippen molar-refractivity contribution in [3.63, 3.8) is 0 Å². The lowest BCUT2D eigenvalue weighted by atomic mass is 10.2. The molecule has 142 valence electrons. The summed E-state index contributed by atoms with van der Waals surface area (Å²) in [4.78, 5) is 30.9. The topological polar surface area (TPSA) is 106 Å². The molecular formula is C18H22N6O3. The zero-order valence-corrected chi connectivity index (χ0v) is 15.7. The molecule has 0 saturated heterocycles. The van der Waals surface area contributed by atoms with Crippen LogP contribution in [0, 0.1) is 5.92 Å². The number of imidazole rings is 1. The number of H-pyrrole nitrogens is 1. The van der Waals surface area contributed by atoms with E-state index in [1.165, 1.54) is 4.57 Å². The van der Waals surface area contributed by atoms with Crippen molar-refractivity contribution in [2.24, 2.45) is 18.1 Å². The molecule has 0 atom stereocenters. The summed E-state index contributed by atoms with van der Waals surface area (Å²) in [6.07, 6.45) is 1.64. The first kappa shape index (κ1) is 18.4. The Balaban J connectivity index is 1.98. The fourth-order valence-corrected chi connectivity index (χ4v) is 2.72. The second-order valence-electron chi connectivity index (χ2n) is 6.57. The summed E-state index contributed by atoms with van der Waals surface area (Å²) in [6, 6.07) is 7.42. The van der Waals surface area contributed by atoms with Gasteiger partial charge in [-0.25, -0.2) is 10.2 Å². The van der Waals surface area contributed by atoms with Gasteiger partial charge in [0.05, 0.1) is 13.3 Å². The predicted octanol–water partition coefficient (Wildman–Crippen LogP) is 1.53. The molecule has 2 heterocycles. The first-order chi connectivity index (χ1) is 12.9. The van der Waals surface area contributed by atoms with Gasteiger partial charge in [0.25, 0.3) is 5.56 Å². The summed E-state index contributed by atoms with van der Waals surface area (Å²) in [6.45, 7) is 4.62. The Morgan fingerprint density at radius 2 is 2.00 bits per heavy atom. The smallest absolute Gasteiger partial charge is 0.329 e. The van der Waals surface area contributed by atoms with E-state index in [0.29, 0.717) is 23.7 Å². The highest BCUT2D eigenvalue weighted by molar-refractivity contribution is 5.80. The van der Waals surface area contributed by atoms with Crippen LogP contribution in [0.3, 0.4) is 0 Å². The number of aromatic nitrogens is 4. The fraction of sp³-hybridized carbons (Fsp3) is 0.333. The maximum atomic E-state index is 12.3. The lowest BCUT2D eigenvalue weighted by Gasteiger charge is -2.10. The summed E-state index contributed by atoms with van der Waals surface area (Å²) in [5.41, 5.74) is 3.44. The molecule has 1 aromatic carbocycles. The number of hydrogen-bond donors (Lipinski definition) is 2. The molecule has 3 aromatic rings. The van der Waals surface area contributed by atoms with E-state index in [4.69, 9.17) is 4.74 Å². The number of aromatic amines is 1. The second-order valence-corrected chi connectivity index (χ2v) is 6.57. The van der Waals surface area contributed by atoms with Crippen molar-refractivity contribution in [3.8, 4) is 5.75 Å². The number of anilines is 1. The Kier molecular flexibility index (Phi) is 5.11. The van der Waals surface area contributed by atoms with E-state index in [2.05, 4.69) is 20.5 Å². The third kappa shape index (κ3) is 3.76. The molecule has 9 heteroatoms. The van der Waals surface area contributed by atoms with Gasteiger partial charge >= 0.3 is 5.69 Å². The highest BCUT2D eigenvalue weighted by Gasteiger charge is 2.17. The van der Waals surface area contributed by atoms with Crippen molar-refractivity contribution < 1.29 is 4.74 Å². The first-order valence-electron chi connectivity index (χ1n) is 8.53. The summed E-state index contributed by atoms with van der Waals surface area (Å²) in [5.74, 6) is 1.43. The third-order valence-corrected chi connectivity index (χ3v) is 4.05. The van der Waals surface area contributed by atoms with Crippen LogP contribution in [0.2, 0.25) is 0 Å². The van der Waals surface area contributed by atoms with Gasteiger partial charge in [0.15, 0.2) is 11.2 Å². The van der Waals surface area contributed by atoms with Crippen molar-refractivity contribution in [1.82, 2.24) is 19.1 Å². The number of rotatable bonds is 6. The highest BCUT2D eigenvalue weighted by Crippen LogP contribution is 2.17. The number of nitrogens with zero attached hydrogens (tertiary/aromatic N) is 4. The van der Waals surface area contributed by atoms with Gasteiger partial charge in [-0.3, -0.25) is 14.3 Å². The maximum absolute atomic E-state index is 12.3. The number of benzene rings is 1. The Labute approximate surface area is 155 Å². The van der Waals surface area contributed by atoms with Gasteiger partial charge in [0.2, 0.25) is 5.95 Å². The van der Waals surface area contributed by atoms with Gasteiger partial charge in [0, 0.05) is 13.6 Å². The molecule has 0 unspecified atom stereocenters. The molecule has 9 nitrogen and oxygen atoms in total. The lowest BCUT2D eigenvalue weighted by molar-refractivity contribution is 0.415. The van der Waals surface area contributed by atoms with Crippen LogP contribution in [0.4, 0.5) is 5.95 Å². The monoisotopic (exact) mass is 370 g/mol. The van der Waals surface area contributed by atoms with E-state index in [-0.39, 0.29) is 5.92 Å². The van der Waals surface area contributed by atoms with E-state index >= 15 is 0 Å². The van der Waals surface area contributed by atoms with Crippen LogP contribution in [-0.2, 0) is 13.6 Å². The van der Waals surface area contributed by atoms with Crippen molar-refractivity contribution in [3.05, 3.63) is 50.7 Å². The highest BCUT2D eigenvalue weighted by atomic mass is 16.5. The molecule has 0 fully saturated rings. The number of hydrazone groups is 1. The van der Waals surface area contributed by atoms with Crippen molar-refractivity contribution >= 4 is 23.3 Å². The lowest BCUT2D eigenvalue weighted by Crippen LogP contribution is -2.29. The molecule has 0 aliphatic heterocycles. The van der Waals surface area contributed by atoms with E-state index < -0.39 is 11.2 Å². The Morgan fingerprint density at radius 1 is 1.30 bits per heavy atom. The molecule has 0 aliphatic rings. The first-order valence-corrected chi connectivity index (χ1v) is 8.53. The predicted molar refractivity (Wildman–Crippen MR) is 105 cm³/mol. The van der Waals surface area contributed by atoms with Crippen molar-refractivity contribution in [1.29, 1.82) is 0 Å². The molecule has 0 spiro atoms. The molecule has 0 amide bonds. The number of fused-ring (bicyclic) bond motifs is 1. The molecule has 0 radical (unpaired) electrons. The summed E-state index contributed by atoms with van der Waals surface area (Å²) in [5, 5.41) is 4.21. The average Bonchev–Trinajstić information content (AvgIpc) is 2.99. The van der Waals surface area contributed by atoms with Crippen LogP contribution in [0.25, 0.3) is 11.2 Å². The molecule has 0 saturated carbocycles. The number of nitrogens with one attached hydrogen (secondary N) is 2. The minimum absolute atomic E-state index is 0.269. The zero-order valence-electron chi connectivity index (χ0n) is 15.7. The Morgan fingerprint density at radius 3 is 2.63 bits per heavy atom. The van der Waals surface area contributed by atoms with Crippen LogP contribution < -0.4 is 21.4 Å². The van der Waals surface area contributed by atoms with Crippen LogP contribution in [-0.4, -0.2) is 32.4 Å². The normalized spacial score (nSPS) is 11.6. The van der Waals surface area contributed by atoms with E-state index in [0.717, 1.165) is 11.3 Å². The van der Waals surface area contributed by atoms with Crippen LogP contribution in [0.5, 0.6) is 5.75 Å². The fourth-order valence-electron chi connectivity index (χ4n) is 2.72. The van der Waals surface area contributed by atoms with Gasteiger partial charge in [-0.1, -0.05) is 13.8 Å². The zero-order chi connectivity index (χ0) is 19.6. The quantitative estimate of drug-likeness (QED) is 0.506. The Hall–Kier alpha value is -3.36. The molecule has 3 rings (SSSR count). The maximum Gasteiger partial charge on any atom is 0.329 e. The third-order valence-electron chi connectivity index (χ3n) is 4.05. The van der Waals surface area contributed by atoms with Gasteiger partial charge in [-0.15, -0.1) is 0 Å². The van der Waals surface area contributed by atoms with Crippen LogP contribution in [0.1, 0.15) is 19.4 Å². The van der Waals surface area contributed by atoms with Crippen molar-refractivity contribution in [2.75, 3.05) is 12.5 Å². The minimum Gasteiger partial charge on any atom is -0.497 e. The second kappa shape index (κ2) is 7.48. The molecule has 2 aromatic heterocycles.